The summed E-state index contributed by atoms with van der Waals surface area (Å²) in [6.45, 7) is 4.47. The average molecular weight is 318 g/mol. The molecule has 0 amide bonds. The highest BCUT2D eigenvalue weighted by atomic mass is 35.5. The SMILES string of the molecule is CC1C(C)S(=O)(=O)CCN1CC(O)c1ccccc1Cl. The number of aliphatic hydroxyl groups is 1. The van der Waals surface area contributed by atoms with Crippen molar-refractivity contribution in [1.29, 1.82) is 0 Å². The highest BCUT2D eigenvalue weighted by molar-refractivity contribution is 7.92. The van der Waals surface area contributed by atoms with Gasteiger partial charge in [0.2, 0.25) is 0 Å². The molecular formula is C14H20ClNO3S. The predicted octanol–water partition coefficient (Wildman–Crippen LogP) is 1.88. The Hall–Kier alpha value is -0.620. The van der Waals surface area contributed by atoms with Crippen molar-refractivity contribution in [2.75, 3.05) is 18.8 Å². The van der Waals surface area contributed by atoms with E-state index in [9.17, 15) is 13.5 Å². The van der Waals surface area contributed by atoms with E-state index in [0.717, 1.165) is 0 Å². The Morgan fingerprint density at radius 1 is 1.40 bits per heavy atom. The molecule has 1 N–H and O–H groups in total. The Morgan fingerprint density at radius 2 is 2.05 bits per heavy atom. The van der Waals surface area contributed by atoms with Crippen molar-refractivity contribution < 1.29 is 13.5 Å². The van der Waals surface area contributed by atoms with Gasteiger partial charge in [-0.15, -0.1) is 0 Å². The summed E-state index contributed by atoms with van der Waals surface area (Å²) in [5.41, 5.74) is 0.683. The summed E-state index contributed by atoms with van der Waals surface area (Å²) in [7, 11) is -3.00. The first kappa shape index (κ1) is 15.8. The van der Waals surface area contributed by atoms with Crippen LogP contribution in [0.3, 0.4) is 0 Å². The minimum absolute atomic E-state index is 0.106. The van der Waals surface area contributed by atoms with Crippen LogP contribution in [0.4, 0.5) is 0 Å². The van der Waals surface area contributed by atoms with E-state index in [-0.39, 0.29) is 11.8 Å². The summed E-state index contributed by atoms with van der Waals surface area (Å²) in [6.07, 6.45) is -0.709. The molecule has 0 bridgehead atoms. The standard InChI is InChI=1S/C14H20ClNO3S/c1-10-11(2)20(18,19)8-7-16(10)9-14(17)12-5-3-4-6-13(12)15/h3-6,10-11,14,17H,7-9H2,1-2H3. The summed E-state index contributed by atoms with van der Waals surface area (Å²) in [4.78, 5) is 2.01. The normalized spacial score (nSPS) is 28.2. The van der Waals surface area contributed by atoms with E-state index in [1.807, 2.05) is 24.0 Å². The molecule has 1 aromatic rings. The number of nitrogens with zero attached hydrogens (tertiary/aromatic N) is 1. The Bertz CT molecular complexity index is 576. The van der Waals surface area contributed by atoms with E-state index in [0.29, 0.717) is 23.7 Å². The van der Waals surface area contributed by atoms with E-state index in [1.54, 1.807) is 19.1 Å². The van der Waals surface area contributed by atoms with Gasteiger partial charge in [-0.25, -0.2) is 8.42 Å². The maximum atomic E-state index is 11.8. The van der Waals surface area contributed by atoms with Crippen molar-refractivity contribution in [3.8, 4) is 0 Å². The van der Waals surface area contributed by atoms with Gasteiger partial charge in [0, 0.05) is 29.7 Å². The molecule has 1 aliphatic rings. The van der Waals surface area contributed by atoms with Crippen molar-refractivity contribution in [3.05, 3.63) is 34.9 Å². The van der Waals surface area contributed by atoms with Crippen molar-refractivity contribution >= 4 is 21.4 Å². The van der Waals surface area contributed by atoms with E-state index >= 15 is 0 Å². The van der Waals surface area contributed by atoms with Gasteiger partial charge in [-0.2, -0.15) is 0 Å². The molecule has 3 unspecified atom stereocenters. The van der Waals surface area contributed by atoms with Crippen molar-refractivity contribution in [3.63, 3.8) is 0 Å². The number of benzene rings is 1. The first-order valence-corrected chi connectivity index (χ1v) is 8.80. The van der Waals surface area contributed by atoms with Crippen LogP contribution in [-0.4, -0.2) is 48.6 Å². The quantitative estimate of drug-likeness (QED) is 0.925. The molecule has 112 valence electrons. The lowest BCUT2D eigenvalue weighted by atomic mass is 10.1. The van der Waals surface area contributed by atoms with Crippen LogP contribution in [0, 0.1) is 0 Å². The molecule has 0 spiro atoms. The summed E-state index contributed by atoms with van der Waals surface area (Å²) in [6, 6.07) is 7.08. The molecule has 1 heterocycles. The zero-order chi connectivity index (χ0) is 14.9. The van der Waals surface area contributed by atoms with Gasteiger partial charge in [0.05, 0.1) is 17.1 Å². The van der Waals surface area contributed by atoms with Crippen LogP contribution < -0.4 is 0 Å². The lowest BCUT2D eigenvalue weighted by Gasteiger charge is -2.38. The van der Waals surface area contributed by atoms with Crippen LogP contribution in [0.15, 0.2) is 24.3 Å². The number of hydrogen-bond donors (Lipinski definition) is 1. The third-order valence-corrected chi connectivity index (χ3v) is 6.78. The lowest BCUT2D eigenvalue weighted by Crippen LogP contribution is -2.53. The molecule has 0 saturated carbocycles. The van der Waals surface area contributed by atoms with Crippen LogP contribution >= 0.6 is 11.6 Å². The second-order valence-corrected chi connectivity index (χ2v) is 8.23. The molecule has 6 heteroatoms. The van der Waals surface area contributed by atoms with Gasteiger partial charge in [0.15, 0.2) is 9.84 Å². The Kier molecular flexibility index (Phi) is 4.74. The molecule has 1 aliphatic heterocycles. The molecule has 3 atom stereocenters. The number of rotatable bonds is 3. The molecule has 1 aromatic carbocycles. The summed E-state index contributed by atoms with van der Waals surface area (Å²) in [5, 5.41) is 10.4. The molecule has 2 rings (SSSR count). The fourth-order valence-electron chi connectivity index (χ4n) is 2.55. The van der Waals surface area contributed by atoms with Crippen LogP contribution in [0.5, 0.6) is 0 Å². The monoisotopic (exact) mass is 317 g/mol. The largest absolute Gasteiger partial charge is 0.387 e. The summed E-state index contributed by atoms with van der Waals surface area (Å²) >= 11 is 6.07. The molecule has 20 heavy (non-hydrogen) atoms. The molecule has 4 nitrogen and oxygen atoms in total. The van der Waals surface area contributed by atoms with Crippen LogP contribution in [0.2, 0.25) is 5.02 Å². The Labute approximate surface area is 125 Å². The van der Waals surface area contributed by atoms with Gasteiger partial charge in [-0.05, 0) is 19.9 Å². The van der Waals surface area contributed by atoms with Crippen molar-refractivity contribution in [2.24, 2.45) is 0 Å². The van der Waals surface area contributed by atoms with E-state index < -0.39 is 21.2 Å². The Balaban J connectivity index is 2.09. The molecule has 1 fully saturated rings. The average Bonchev–Trinajstić information content (AvgIpc) is 2.40. The highest BCUT2D eigenvalue weighted by Gasteiger charge is 2.36. The Morgan fingerprint density at radius 3 is 2.70 bits per heavy atom. The molecule has 0 aliphatic carbocycles. The minimum Gasteiger partial charge on any atom is -0.387 e. The number of halogens is 1. The maximum Gasteiger partial charge on any atom is 0.155 e. The minimum atomic E-state index is -3.00. The molecule has 0 radical (unpaired) electrons. The second kappa shape index (κ2) is 6.02. The van der Waals surface area contributed by atoms with Gasteiger partial charge in [-0.3, -0.25) is 4.90 Å². The van der Waals surface area contributed by atoms with Gasteiger partial charge in [0.1, 0.15) is 0 Å². The first-order valence-electron chi connectivity index (χ1n) is 6.71. The van der Waals surface area contributed by atoms with Crippen molar-refractivity contribution in [1.82, 2.24) is 4.90 Å². The number of β-amino-alcohol motifs (C(OH)–C–C–N with tert-alkyl or cyclic N) is 1. The summed E-state index contributed by atoms with van der Waals surface area (Å²) in [5.74, 6) is 0.147. The smallest absolute Gasteiger partial charge is 0.155 e. The van der Waals surface area contributed by atoms with E-state index in [1.165, 1.54) is 0 Å². The maximum absolute atomic E-state index is 11.8. The van der Waals surface area contributed by atoms with Crippen LogP contribution in [0.25, 0.3) is 0 Å². The zero-order valence-corrected chi connectivity index (χ0v) is 13.2. The fourth-order valence-corrected chi connectivity index (χ4v) is 4.45. The highest BCUT2D eigenvalue weighted by Crippen LogP contribution is 2.26. The fraction of sp³-hybridized carbons (Fsp3) is 0.571. The second-order valence-electron chi connectivity index (χ2n) is 5.34. The van der Waals surface area contributed by atoms with Gasteiger partial charge in [-0.1, -0.05) is 29.8 Å². The topological polar surface area (TPSA) is 57.6 Å². The van der Waals surface area contributed by atoms with Crippen LogP contribution in [-0.2, 0) is 9.84 Å². The predicted molar refractivity (Wildman–Crippen MR) is 80.7 cm³/mol. The van der Waals surface area contributed by atoms with E-state index in [2.05, 4.69) is 0 Å². The number of hydrogen-bond acceptors (Lipinski definition) is 4. The third-order valence-electron chi connectivity index (χ3n) is 4.16. The van der Waals surface area contributed by atoms with Crippen molar-refractivity contribution in [2.45, 2.75) is 31.2 Å². The third kappa shape index (κ3) is 3.17. The molecule has 0 aromatic heterocycles. The number of sulfone groups is 1. The van der Waals surface area contributed by atoms with Crippen LogP contribution in [0.1, 0.15) is 25.5 Å². The van der Waals surface area contributed by atoms with E-state index in [4.69, 9.17) is 11.6 Å². The molecular weight excluding hydrogens is 298 g/mol. The number of aliphatic hydroxyl groups excluding tert-OH is 1. The lowest BCUT2D eigenvalue weighted by molar-refractivity contribution is 0.0910. The first-order chi connectivity index (χ1) is 9.33. The van der Waals surface area contributed by atoms with Gasteiger partial charge < -0.3 is 5.11 Å². The zero-order valence-electron chi connectivity index (χ0n) is 11.7. The summed E-state index contributed by atoms with van der Waals surface area (Å²) < 4.78 is 23.7. The van der Waals surface area contributed by atoms with Gasteiger partial charge in [0.25, 0.3) is 0 Å². The molecule has 1 saturated heterocycles. The van der Waals surface area contributed by atoms with Gasteiger partial charge >= 0.3 is 0 Å².